The molecule has 2 saturated heterocycles. The molecule has 1 aromatic carbocycles. The lowest BCUT2D eigenvalue weighted by atomic mass is 10.1. The number of piperidine rings is 1. The summed E-state index contributed by atoms with van der Waals surface area (Å²) in [5.41, 5.74) is 0.339. The van der Waals surface area contributed by atoms with Crippen LogP contribution in [0.25, 0.3) is 0 Å². The highest BCUT2D eigenvalue weighted by molar-refractivity contribution is 7.89. The molecule has 2 aliphatic heterocycles. The van der Waals surface area contributed by atoms with Gasteiger partial charge in [0.25, 0.3) is 5.91 Å². The van der Waals surface area contributed by atoms with Gasteiger partial charge in [0.05, 0.1) is 18.1 Å². The molecule has 1 N–H and O–H groups in total. The molecule has 1 spiro atoms. The molecule has 27 heavy (non-hydrogen) atoms. The van der Waals surface area contributed by atoms with Crippen molar-refractivity contribution in [1.29, 1.82) is 0 Å². The van der Waals surface area contributed by atoms with Crippen LogP contribution in [-0.4, -0.2) is 82.8 Å². The van der Waals surface area contributed by atoms with Gasteiger partial charge in [-0.05, 0) is 32.3 Å². The first-order chi connectivity index (χ1) is 12.8. The maximum Gasteiger partial charge on any atom is 0.251 e. The number of nitrogens with zero attached hydrogens (tertiary/aromatic N) is 2. The summed E-state index contributed by atoms with van der Waals surface area (Å²) in [5, 5.41) is 2.80. The Hall–Kier alpha value is -1.52. The third-order valence-electron chi connectivity index (χ3n) is 4.88. The van der Waals surface area contributed by atoms with E-state index < -0.39 is 15.8 Å². The van der Waals surface area contributed by atoms with Crippen molar-refractivity contribution in [3.63, 3.8) is 0 Å². The van der Waals surface area contributed by atoms with Crippen LogP contribution in [0, 0.1) is 0 Å². The summed E-state index contributed by atoms with van der Waals surface area (Å²) in [6.45, 7) is 2.99. The van der Waals surface area contributed by atoms with Crippen molar-refractivity contribution in [1.82, 2.24) is 14.5 Å². The Morgan fingerprint density at radius 1 is 1.22 bits per heavy atom. The number of hydrogen-bond acceptors (Lipinski definition) is 6. The minimum Gasteiger partial charge on any atom is -0.351 e. The lowest BCUT2D eigenvalue weighted by molar-refractivity contribution is -0.179. The zero-order valence-corrected chi connectivity index (χ0v) is 16.6. The molecule has 2 heterocycles. The lowest BCUT2D eigenvalue weighted by Gasteiger charge is -2.36. The molecule has 0 bridgehead atoms. The fourth-order valence-corrected chi connectivity index (χ4v) is 4.78. The molecule has 0 radical (unpaired) electrons. The van der Waals surface area contributed by atoms with Gasteiger partial charge in [0.15, 0.2) is 5.79 Å². The monoisotopic (exact) mass is 397 g/mol. The van der Waals surface area contributed by atoms with Crippen molar-refractivity contribution in [2.75, 3.05) is 53.5 Å². The van der Waals surface area contributed by atoms with Crippen LogP contribution in [0.4, 0.5) is 0 Å². The number of likely N-dealkylation sites (N-methyl/N-ethyl adjacent to an activating group) is 1. The first-order valence-electron chi connectivity index (χ1n) is 9.13. The summed E-state index contributed by atoms with van der Waals surface area (Å²) in [4.78, 5) is 14.4. The molecule has 1 amide bonds. The summed E-state index contributed by atoms with van der Waals surface area (Å²) < 4.78 is 38.7. The van der Waals surface area contributed by atoms with Crippen molar-refractivity contribution >= 4 is 15.9 Å². The van der Waals surface area contributed by atoms with Gasteiger partial charge in [-0.3, -0.25) is 4.79 Å². The van der Waals surface area contributed by atoms with Gasteiger partial charge in [-0.2, -0.15) is 4.31 Å². The number of amides is 1. The van der Waals surface area contributed by atoms with E-state index in [1.807, 2.05) is 19.0 Å². The molecule has 0 aliphatic carbocycles. The fraction of sp³-hybridized carbons (Fsp3) is 0.611. The Labute approximate surface area is 160 Å². The molecule has 0 unspecified atom stereocenters. The van der Waals surface area contributed by atoms with E-state index in [4.69, 9.17) is 9.47 Å². The number of nitrogens with one attached hydrogen (secondary N) is 1. The van der Waals surface area contributed by atoms with Gasteiger partial charge in [-0.1, -0.05) is 6.07 Å². The molecule has 0 atom stereocenters. The standard InChI is InChI=1S/C18H27N3O5S/c1-20(2)11-8-19-17(22)15-4-3-5-16(14-15)27(23,24)21-9-6-18(7-10-21)25-12-13-26-18/h3-5,14H,6-13H2,1-2H3,(H,19,22). The van der Waals surface area contributed by atoms with Gasteiger partial charge in [0.2, 0.25) is 10.0 Å². The van der Waals surface area contributed by atoms with E-state index >= 15 is 0 Å². The topological polar surface area (TPSA) is 88.2 Å². The van der Waals surface area contributed by atoms with Gasteiger partial charge in [-0.25, -0.2) is 8.42 Å². The summed E-state index contributed by atoms with van der Waals surface area (Å²) in [6.07, 6.45) is 1.02. The van der Waals surface area contributed by atoms with Crippen molar-refractivity contribution in [2.24, 2.45) is 0 Å². The van der Waals surface area contributed by atoms with E-state index in [0.717, 1.165) is 0 Å². The van der Waals surface area contributed by atoms with Crippen LogP contribution in [0.2, 0.25) is 0 Å². The minimum atomic E-state index is -3.66. The lowest BCUT2D eigenvalue weighted by Crippen LogP contribution is -2.47. The van der Waals surface area contributed by atoms with E-state index in [1.165, 1.54) is 16.4 Å². The number of rotatable bonds is 6. The van der Waals surface area contributed by atoms with Gasteiger partial charge in [-0.15, -0.1) is 0 Å². The quantitative estimate of drug-likeness (QED) is 0.752. The highest BCUT2D eigenvalue weighted by atomic mass is 32.2. The van der Waals surface area contributed by atoms with Crippen molar-refractivity contribution < 1.29 is 22.7 Å². The first kappa shape index (κ1) is 20.2. The average molecular weight is 397 g/mol. The number of ether oxygens (including phenoxy) is 2. The smallest absolute Gasteiger partial charge is 0.251 e. The van der Waals surface area contributed by atoms with Crippen LogP contribution in [0.5, 0.6) is 0 Å². The predicted octanol–water partition coefficient (Wildman–Crippen LogP) is 0.506. The summed E-state index contributed by atoms with van der Waals surface area (Å²) in [5.74, 6) is -0.903. The SMILES string of the molecule is CN(C)CCNC(=O)c1cccc(S(=O)(=O)N2CCC3(CC2)OCCO3)c1. The third-order valence-corrected chi connectivity index (χ3v) is 6.77. The number of carbonyl (C=O) groups excluding carboxylic acids is 1. The molecule has 2 fully saturated rings. The molecule has 150 valence electrons. The Morgan fingerprint density at radius 3 is 2.52 bits per heavy atom. The zero-order valence-electron chi connectivity index (χ0n) is 15.8. The molecule has 0 saturated carbocycles. The zero-order chi connectivity index (χ0) is 19.5. The van der Waals surface area contributed by atoms with Crippen LogP contribution >= 0.6 is 0 Å². The maximum atomic E-state index is 13.0. The van der Waals surface area contributed by atoms with E-state index in [2.05, 4.69) is 5.32 Å². The third kappa shape index (κ3) is 4.67. The van der Waals surface area contributed by atoms with E-state index in [-0.39, 0.29) is 10.8 Å². The Morgan fingerprint density at radius 2 is 1.89 bits per heavy atom. The molecular weight excluding hydrogens is 370 g/mol. The van der Waals surface area contributed by atoms with Gasteiger partial charge in [0.1, 0.15) is 0 Å². The Kier molecular flexibility index (Phi) is 6.17. The first-order valence-corrected chi connectivity index (χ1v) is 10.6. The molecule has 2 aliphatic rings. The highest BCUT2D eigenvalue weighted by Gasteiger charge is 2.42. The van der Waals surface area contributed by atoms with Crippen molar-refractivity contribution in [3.05, 3.63) is 29.8 Å². The molecule has 1 aromatic rings. The van der Waals surface area contributed by atoms with Gasteiger partial charge in [0, 0.05) is 44.6 Å². The van der Waals surface area contributed by atoms with Gasteiger partial charge < -0.3 is 19.7 Å². The number of sulfonamides is 1. The molecule has 9 heteroatoms. The normalized spacial score (nSPS) is 20.3. The fourth-order valence-electron chi connectivity index (χ4n) is 3.29. The van der Waals surface area contributed by atoms with Crippen LogP contribution in [-0.2, 0) is 19.5 Å². The van der Waals surface area contributed by atoms with Crippen LogP contribution in [0.15, 0.2) is 29.2 Å². The number of carbonyl (C=O) groups is 1. The summed E-state index contributed by atoms with van der Waals surface area (Å²) >= 11 is 0. The molecule has 0 aromatic heterocycles. The second-order valence-electron chi connectivity index (χ2n) is 7.10. The predicted molar refractivity (Wildman–Crippen MR) is 100.0 cm³/mol. The van der Waals surface area contributed by atoms with Crippen LogP contribution < -0.4 is 5.32 Å². The molecule has 8 nitrogen and oxygen atoms in total. The molecule has 3 rings (SSSR count). The summed E-state index contributed by atoms with van der Waals surface area (Å²) in [6, 6.07) is 6.18. The van der Waals surface area contributed by atoms with Crippen molar-refractivity contribution in [3.8, 4) is 0 Å². The largest absolute Gasteiger partial charge is 0.351 e. The average Bonchev–Trinajstić information content (AvgIpc) is 3.09. The Balaban J connectivity index is 1.67. The van der Waals surface area contributed by atoms with E-state index in [9.17, 15) is 13.2 Å². The summed E-state index contributed by atoms with van der Waals surface area (Å²) in [7, 11) is 0.177. The number of benzene rings is 1. The van der Waals surface area contributed by atoms with Crippen LogP contribution in [0.1, 0.15) is 23.2 Å². The van der Waals surface area contributed by atoms with Crippen molar-refractivity contribution in [2.45, 2.75) is 23.5 Å². The number of hydrogen-bond donors (Lipinski definition) is 1. The second kappa shape index (κ2) is 8.24. The van der Waals surface area contributed by atoms with Gasteiger partial charge >= 0.3 is 0 Å². The van der Waals surface area contributed by atoms with E-state index in [1.54, 1.807) is 12.1 Å². The Bertz CT molecular complexity index is 765. The minimum absolute atomic E-state index is 0.131. The highest BCUT2D eigenvalue weighted by Crippen LogP contribution is 2.33. The van der Waals surface area contributed by atoms with Crippen LogP contribution in [0.3, 0.4) is 0 Å². The maximum absolute atomic E-state index is 13.0. The molecular formula is C18H27N3O5S. The second-order valence-corrected chi connectivity index (χ2v) is 9.04. The van der Waals surface area contributed by atoms with E-state index in [0.29, 0.717) is 57.8 Å².